The third kappa shape index (κ3) is 2.87. The van der Waals surface area contributed by atoms with E-state index in [9.17, 15) is 0 Å². The van der Waals surface area contributed by atoms with Crippen LogP contribution in [0.3, 0.4) is 0 Å². The van der Waals surface area contributed by atoms with Crippen molar-refractivity contribution in [3.8, 4) is 11.3 Å². The lowest BCUT2D eigenvalue weighted by atomic mass is 10.1. The highest BCUT2D eigenvalue weighted by molar-refractivity contribution is 5.75. The van der Waals surface area contributed by atoms with Crippen molar-refractivity contribution >= 4 is 11.3 Å². The minimum absolute atomic E-state index is 0.985. The van der Waals surface area contributed by atoms with E-state index in [1.165, 1.54) is 5.56 Å². The van der Waals surface area contributed by atoms with Crippen molar-refractivity contribution < 1.29 is 0 Å². The average Bonchev–Trinajstić information content (AvgIpc) is 2.89. The lowest BCUT2D eigenvalue weighted by Gasteiger charge is -2.21. The van der Waals surface area contributed by atoms with Gasteiger partial charge in [0.2, 0.25) is 0 Å². The molecule has 1 aliphatic heterocycles. The molecule has 1 fully saturated rings. The fourth-order valence-electron chi connectivity index (χ4n) is 3.26. The Morgan fingerprint density at radius 2 is 2.00 bits per heavy atom. The minimum Gasteiger partial charge on any atom is -0.354 e. The fraction of sp³-hybridized carbons (Fsp3) is 0.368. The van der Waals surface area contributed by atoms with Crippen LogP contribution in [0.2, 0.25) is 0 Å². The van der Waals surface area contributed by atoms with Gasteiger partial charge in [-0.15, -0.1) is 0 Å². The molecule has 124 valence electrons. The van der Waals surface area contributed by atoms with E-state index in [1.807, 2.05) is 16.9 Å². The van der Waals surface area contributed by atoms with Crippen LogP contribution >= 0.6 is 0 Å². The molecule has 1 saturated heterocycles. The molecule has 4 rings (SSSR count). The fourth-order valence-corrected chi connectivity index (χ4v) is 3.26. The van der Waals surface area contributed by atoms with Gasteiger partial charge in [0.25, 0.3) is 0 Å². The van der Waals surface area contributed by atoms with Gasteiger partial charge in [0.15, 0.2) is 5.82 Å². The van der Waals surface area contributed by atoms with E-state index in [0.717, 1.165) is 61.6 Å². The molecule has 0 aliphatic carbocycles. The third-order valence-corrected chi connectivity index (χ3v) is 4.67. The summed E-state index contributed by atoms with van der Waals surface area (Å²) in [6.07, 6.45) is 5.97. The highest BCUT2D eigenvalue weighted by Crippen LogP contribution is 2.25. The summed E-state index contributed by atoms with van der Waals surface area (Å²) >= 11 is 0. The average molecular weight is 321 g/mol. The number of rotatable bonds is 3. The maximum atomic E-state index is 4.75. The van der Waals surface area contributed by atoms with Crippen LogP contribution in [0, 0.1) is 0 Å². The normalized spacial score (nSPS) is 15.6. The molecule has 5 heteroatoms. The molecule has 0 amide bonds. The highest BCUT2D eigenvalue weighted by atomic mass is 15.3. The van der Waals surface area contributed by atoms with E-state index < -0.39 is 0 Å². The Balaban J connectivity index is 1.73. The first kappa shape index (κ1) is 15.1. The maximum absolute atomic E-state index is 4.75. The number of fused-ring (bicyclic) bond motifs is 1. The maximum Gasteiger partial charge on any atom is 0.154 e. The molecule has 0 saturated carbocycles. The largest absolute Gasteiger partial charge is 0.354 e. The summed E-state index contributed by atoms with van der Waals surface area (Å²) in [5.74, 6) is 1.03. The Kier molecular flexibility index (Phi) is 4.17. The summed E-state index contributed by atoms with van der Waals surface area (Å²) in [6.45, 7) is 6.27. The van der Waals surface area contributed by atoms with Crippen LogP contribution in [-0.4, -0.2) is 40.8 Å². The molecule has 0 spiro atoms. The molecule has 0 unspecified atom stereocenters. The van der Waals surface area contributed by atoms with Gasteiger partial charge in [-0.3, -0.25) is 0 Å². The Morgan fingerprint density at radius 1 is 1.12 bits per heavy atom. The molecule has 0 bridgehead atoms. The number of hydrogen-bond donors (Lipinski definition) is 1. The van der Waals surface area contributed by atoms with Gasteiger partial charge in [0.05, 0.1) is 5.69 Å². The van der Waals surface area contributed by atoms with Crippen LogP contribution in [0.1, 0.15) is 18.9 Å². The summed E-state index contributed by atoms with van der Waals surface area (Å²) in [5.41, 5.74) is 4.58. The molecular weight excluding hydrogens is 298 g/mol. The zero-order valence-electron chi connectivity index (χ0n) is 14.1. The SMILES string of the molecule is CCc1ccc(-c2cc3c(N4CCCNCC4)nccn3n2)cc1. The van der Waals surface area contributed by atoms with Crippen molar-refractivity contribution in [1.29, 1.82) is 0 Å². The van der Waals surface area contributed by atoms with E-state index >= 15 is 0 Å². The quantitative estimate of drug-likeness (QED) is 0.806. The smallest absolute Gasteiger partial charge is 0.154 e. The van der Waals surface area contributed by atoms with E-state index in [4.69, 9.17) is 5.10 Å². The predicted octanol–water partition coefficient (Wildman–Crippen LogP) is 2.76. The number of benzene rings is 1. The van der Waals surface area contributed by atoms with Gasteiger partial charge >= 0.3 is 0 Å². The van der Waals surface area contributed by atoms with Crippen molar-refractivity contribution in [2.45, 2.75) is 19.8 Å². The molecule has 3 aromatic rings. The predicted molar refractivity (Wildman–Crippen MR) is 97.5 cm³/mol. The lowest BCUT2D eigenvalue weighted by molar-refractivity contribution is 0.724. The zero-order chi connectivity index (χ0) is 16.4. The van der Waals surface area contributed by atoms with E-state index in [1.54, 1.807) is 0 Å². The monoisotopic (exact) mass is 321 g/mol. The van der Waals surface area contributed by atoms with Gasteiger partial charge in [-0.2, -0.15) is 5.10 Å². The molecule has 1 N–H and O–H groups in total. The minimum atomic E-state index is 0.985. The van der Waals surface area contributed by atoms with E-state index in [2.05, 4.69) is 52.5 Å². The van der Waals surface area contributed by atoms with Gasteiger partial charge in [-0.05, 0) is 31.0 Å². The molecule has 0 atom stereocenters. The van der Waals surface area contributed by atoms with Gasteiger partial charge in [0, 0.05) is 37.6 Å². The Labute approximate surface area is 142 Å². The first-order valence-electron chi connectivity index (χ1n) is 8.74. The van der Waals surface area contributed by atoms with Crippen LogP contribution < -0.4 is 10.2 Å². The van der Waals surface area contributed by atoms with Crippen molar-refractivity contribution in [3.63, 3.8) is 0 Å². The van der Waals surface area contributed by atoms with E-state index in [-0.39, 0.29) is 0 Å². The van der Waals surface area contributed by atoms with Crippen LogP contribution in [0.4, 0.5) is 5.82 Å². The standard InChI is InChI=1S/C19H23N5/c1-2-15-4-6-16(7-5-15)17-14-18-19(21-10-13-24(18)22-17)23-11-3-8-20-9-12-23/h4-7,10,13-14,20H,2-3,8-9,11-12H2,1H3. The zero-order valence-corrected chi connectivity index (χ0v) is 14.1. The van der Waals surface area contributed by atoms with Crippen LogP contribution in [0.15, 0.2) is 42.7 Å². The Hall–Kier alpha value is -2.40. The first-order valence-corrected chi connectivity index (χ1v) is 8.74. The summed E-state index contributed by atoms with van der Waals surface area (Å²) in [4.78, 5) is 7.01. The van der Waals surface area contributed by atoms with Crippen molar-refractivity contribution in [3.05, 3.63) is 48.3 Å². The van der Waals surface area contributed by atoms with E-state index in [0.29, 0.717) is 0 Å². The Bertz CT molecular complexity index is 813. The van der Waals surface area contributed by atoms with Gasteiger partial charge in [-0.25, -0.2) is 9.50 Å². The molecule has 1 aliphatic rings. The second kappa shape index (κ2) is 6.61. The summed E-state index contributed by atoms with van der Waals surface area (Å²) in [7, 11) is 0. The second-order valence-corrected chi connectivity index (χ2v) is 6.25. The lowest BCUT2D eigenvalue weighted by Crippen LogP contribution is -2.29. The second-order valence-electron chi connectivity index (χ2n) is 6.25. The van der Waals surface area contributed by atoms with Crippen LogP contribution in [0.5, 0.6) is 0 Å². The topological polar surface area (TPSA) is 45.5 Å². The molecule has 2 aromatic heterocycles. The molecule has 0 radical (unpaired) electrons. The Morgan fingerprint density at radius 3 is 2.83 bits per heavy atom. The van der Waals surface area contributed by atoms with Gasteiger partial charge in [0.1, 0.15) is 5.52 Å². The number of aryl methyl sites for hydroxylation is 1. The van der Waals surface area contributed by atoms with Gasteiger partial charge < -0.3 is 10.2 Å². The number of anilines is 1. The number of hydrogen-bond acceptors (Lipinski definition) is 4. The van der Waals surface area contributed by atoms with Crippen LogP contribution in [0.25, 0.3) is 16.8 Å². The molecule has 24 heavy (non-hydrogen) atoms. The molecule has 5 nitrogen and oxygen atoms in total. The summed E-state index contributed by atoms with van der Waals surface area (Å²) in [5, 5.41) is 8.20. The van der Waals surface area contributed by atoms with Gasteiger partial charge in [-0.1, -0.05) is 31.2 Å². The number of nitrogens with one attached hydrogen (secondary N) is 1. The molecule has 3 heterocycles. The molecular formula is C19H23N5. The van der Waals surface area contributed by atoms with Crippen molar-refractivity contribution in [2.75, 3.05) is 31.1 Å². The van der Waals surface area contributed by atoms with Crippen molar-refractivity contribution in [2.24, 2.45) is 0 Å². The molecule has 1 aromatic carbocycles. The number of aromatic nitrogens is 3. The summed E-state index contributed by atoms with van der Waals surface area (Å²) < 4.78 is 1.95. The highest BCUT2D eigenvalue weighted by Gasteiger charge is 2.16. The first-order chi connectivity index (χ1) is 11.8. The van der Waals surface area contributed by atoms with Crippen molar-refractivity contribution in [1.82, 2.24) is 19.9 Å². The summed E-state index contributed by atoms with van der Waals surface area (Å²) in [6, 6.07) is 10.8. The number of nitrogens with zero attached hydrogens (tertiary/aromatic N) is 4. The third-order valence-electron chi connectivity index (χ3n) is 4.67. The van der Waals surface area contributed by atoms with Crippen LogP contribution in [-0.2, 0) is 6.42 Å².